The Morgan fingerprint density at radius 2 is 2.29 bits per heavy atom. The highest BCUT2D eigenvalue weighted by atomic mass is 16.3. The van der Waals surface area contributed by atoms with E-state index in [1.807, 2.05) is 0 Å². The molecule has 2 N–H and O–H groups in total. The monoisotopic (exact) mass is 103 g/mol. The van der Waals surface area contributed by atoms with E-state index in [0.29, 0.717) is 6.29 Å². The fraction of sp³-hybridized carbons (Fsp3) is 0.750. The molecule has 1 atom stereocenters. The minimum atomic E-state index is -1.35. The van der Waals surface area contributed by atoms with Crippen molar-refractivity contribution in [2.75, 3.05) is 7.05 Å². The first kappa shape index (κ1) is 6.59. The standard InChI is InChI=1S/C4H9NO2/c1-4(7,3-6)5-2/h3,5,7H,1-2H3. The van der Waals surface area contributed by atoms with Crippen LogP contribution in [0.4, 0.5) is 0 Å². The second kappa shape index (κ2) is 2.04. The van der Waals surface area contributed by atoms with Gasteiger partial charge in [-0.1, -0.05) is 0 Å². The van der Waals surface area contributed by atoms with Crippen LogP contribution >= 0.6 is 0 Å². The molecular weight excluding hydrogens is 94.0 g/mol. The highest BCUT2D eigenvalue weighted by molar-refractivity contribution is 5.60. The number of carbonyl (C=O) groups excluding carboxylic acids is 1. The van der Waals surface area contributed by atoms with Crippen molar-refractivity contribution in [3.63, 3.8) is 0 Å². The summed E-state index contributed by atoms with van der Waals surface area (Å²) >= 11 is 0. The van der Waals surface area contributed by atoms with Crippen LogP contribution in [0.25, 0.3) is 0 Å². The van der Waals surface area contributed by atoms with Crippen molar-refractivity contribution in [2.24, 2.45) is 0 Å². The number of aliphatic hydroxyl groups is 1. The molecule has 0 aliphatic rings. The van der Waals surface area contributed by atoms with E-state index in [2.05, 4.69) is 5.32 Å². The van der Waals surface area contributed by atoms with Crippen LogP contribution < -0.4 is 5.32 Å². The molecule has 42 valence electrons. The van der Waals surface area contributed by atoms with Gasteiger partial charge in [0.25, 0.3) is 0 Å². The first-order valence-electron chi connectivity index (χ1n) is 2.00. The van der Waals surface area contributed by atoms with Gasteiger partial charge in [-0.25, -0.2) is 0 Å². The van der Waals surface area contributed by atoms with Crippen molar-refractivity contribution < 1.29 is 9.90 Å². The number of nitrogens with one attached hydrogen (secondary N) is 1. The smallest absolute Gasteiger partial charge is 0.169 e. The normalized spacial score (nSPS) is 18.1. The minimum absolute atomic E-state index is 0.438. The lowest BCUT2D eigenvalue weighted by molar-refractivity contribution is -0.124. The third kappa shape index (κ3) is 2.31. The SMILES string of the molecule is CNC(C)(O)C=O. The molecule has 0 amide bonds. The molecule has 0 saturated carbocycles. The molecule has 0 aliphatic heterocycles. The Morgan fingerprint density at radius 1 is 1.86 bits per heavy atom. The fourth-order valence-electron chi connectivity index (χ4n) is 0.0589. The summed E-state index contributed by atoms with van der Waals surface area (Å²) in [6, 6.07) is 0. The first-order chi connectivity index (χ1) is 3.12. The predicted octanol–water partition coefficient (Wildman–Crippen LogP) is -0.887. The van der Waals surface area contributed by atoms with E-state index in [1.54, 1.807) is 0 Å². The zero-order chi connectivity index (χ0) is 5.91. The maximum atomic E-state index is 9.75. The second-order valence-electron chi connectivity index (χ2n) is 1.52. The first-order valence-corrected chi connectivity index (χ1v) is 2.00. The highest BCUT2D eigenvalue weighted by Crippen LogP contribution is 1.86. The van der Waals surface area contributed by atoms with Crippen LogP contribution in [0.2, 0.25) is 0 Å². The summed E-state index contributed by atoms with van der Waals surface area (Å²) in [5.74, 6) is 0. The van der Waals surface area contributed by atoms with Crippen LogP contribution in [-0.2, 0) is 4.79 Å². The molecule has 0 aromatic rings. The van der Waals surface area contributed by atoms with Crippen molar-refractivity contribution >= 4 is 6.29 Å². The van der Waals surface area contributed by atoms with Gasteiger partial charge in [-0.05, 0) is 14.0 Å². The second-order valence-corrected chi connectivity index (χ2v) is 1.52. The van der Waals surface area contributed by atoms with Gasteiger partial charge in [0.05, 0.1) is 0 Å². The van der Waals surface area contributed by atoms with Crippen molar-refractivity contribution in [2.45, 2.75) is 12.6 Å². The third-order valence-electron chi connectivity index (χ3n) is 0.736. The largest absolute Gasteiger partial charge is 0.369 e. The van der Waals surface area contributed by atoms with Crippen LogP contribution in [0.15, 0.2) is 0 Å². The lowest BCUT2D eigenvalue weighted by Gasteiger charge is -2.11. The lowest BCUT2D eigenvalue weighted by atomic mass is 10.3. The van der Waals surface area contributed by atoms with E-state index in [-0.39, 0.29) is 0 Å². The number of aldehydes is 1. The van der Waals surface area contributed by atoms with Gasteiger partial charge >= 0.3 is 0 Å². The molecule has 0 saturated heterocycles. The number of hydrogen-bond donors (Lipinski definition) is 2. The molecule has 0 spiro atoms. The topological polar surface area (TPSA) is 49.3 Å². The number of hydrogen-bond acceptors (Lipinski definition) is 3. The summed E-state index contributed by atoms with van der Waals surface area (Å²) in [6.45, 7) is 1.38. The molecule has 0 rings (SSSR count). The molecule has 0 bridgehead atoms. The molecule has 0 aliphatic carbocycles. The zero-order valence-corrected chi connectivity index (χ0v) is 4.43. The summed E-state index contributed by atoms with van der Waals surface area (Å²) < 4.78 is 0. The average molecular weight is 103 g/mol. The minimum Gasteiger partial charge on any atom is -0.369 e. The Balaban J connectivity index is 3.58. The Bertz CT molecular complexity index is 70.1. The van der Waals surface area contributed by atoms with E-state index in [0.717, 1.165) is 0 Å². The summed E-state index contributed by atoms with van der Waals surface area (Å²) in [4.78, 5) is 9.75. The lowest BCUT2D eigenvalue weighted by Crippen LogP contribution is -2.40. The van der Waals surface area contributed by atoms with E-state index in [1.165, 1.54) is 14.0 Å². The van der Waals surface area contributed by atoms with Gasteiger partial charge in [-0.3, -0.25) is 10.1 Å². The molecule has 0 fully saturated rings. The Kier molecular flexibility index (Phi) is 1.92. The Morgan fingerprint density at radius 3 is 2.29 bits per heavy atom. The molecule has 0 aromatic carbocycles. The van der Waals surface area contributed by atoms with Gasteiger partial charge in [0, 0.05) is 0 Å². The highest BCUT2D eigenvalue weighted by Gasteiger charge is 2.13. The molecule has 0 radical (unpaired) electrons. The maximum Gasteiger partial charge on any atom is 0.169 e. The summed E-state index contributed by atoms with van der Waals surface area (Å²) in [7, 11) is 1.51. The van der Waals surface area contributed by atoms with Gasteiger partial charge in [-0.15, -0.1) is 0 Å². The molecule has 3 nitrogen and oxygen atoms in total. The summed E-state index contributed by atoms with van der Waals surface area (Å²) in [5, 5.41) is 11.0. The number of rotatable bonds is 2. The van der Waals surface area contributed by atoms with Crippen molar-refractivity contribution in [3.05, 3.63) is 0 Å². The molecule has 1 unspecified atom stereocenters. The summed E-state index contributed by atoms with van der Waals surface area (Å²) in [5.41, 5.74) is -1.35. The van der Waals surface area contributed by atoms with Crippen LogP contribution in [0, 0.1) is 0 Å². The van der Waals surface area contributed by atoms with Crippen molar-refractivity contribution in [3.8, 4) is 0 Å². The number of likely N-dealkylation sites (N-methyl/N-ethyl adjacent to an activating group) is 1. The molecule has 0 heterocycles. The molecule has 7 heavy (non-hydrogen) atoms. The van der Waals surface area contributed by atoms with Crippen LogP contribution in [0.1, 0.15) is 6.92 Å². The van der Waals surface area contributed by atoms with Crippen molar-refractivity contribution in [1.82, 2.24) is 5.32 Å². The van der Waals surface area contributed by atoms with Gasteiger partial charge < -0.3 is 5.11 Å². The predicted molar refractivity (Wildman–Crippen MR) is 25.7 cm³/mol. The number of carbonyl (C=O) groups is 1. The van der Waals surface area contributed by atoms with Gasteiger partial charge in [0.2, 0.25) is 0 Å². The van der Waals surface area contributed by atoms with Crippen LogP contribution in [0.5, 0.6) is 0 Å². The third-order valence-corrected chi connectivity index (χ3v) is 0.736. The Labute approximate surface area is 42.3 Å². The van der Waals surface area contributed by atoms with Gasteiger partial charge in [0.15, 0.2) is 12.0 Å². The van der Waals surface area contributed by atoms with E-state index in [4.69, 9.17) is 5.11 Å². The van der Waals surface area contributed by atoms with Gasteiger partial charge in [-0.2, -0.15) is 0 Å². The van der Waals surface area contributed by atoms with Crippen LogP contribution in [0.3, 0.4) is 0 Å². The van der Waals surface area contributed by atoms with E-state index < -0.39 is 5.72 Å². The molecule has 3 heteroatoms. The maximum absolute atomic E-state index is 9.75. The quantitative estimate of drug-likeness (QED) is 0.352. The zero-order valence-electron chi connectivity index (χ0n) is 4.43. The molecule has 0 aromatic heterocycles. The van der Waals surface area contributed by atoms with E-state index in [9.17, 15) is 4.79 Å². The molecular formula is C4H9NO2. The van der Waals surface area contributed by atoms with Crippen molar-refractivity contribution in [1.29, 1.82) is 0 Å². The fourth-order valence-corrected chi connectivity index (χ4v) is 0.0589. The van der Waals surface area contributed by atoms with Crippen LogP contribution in [-0.4, -0.2) is 24.2 Å². The van der Waals surface area contributed by atoms with E-state index >= 15 is 0 Å². The average Bonchev–Trinajstić information content (AvgIpc) is 1.68. The Hall–Kier alpha value is -0.410. The summed E-state index contributed by atoms with van der Waals surface area (Å²) in [6.07, 6.45) is 0.438. The van der Waals surface area contributed by atoms with Gasteiger partial charge in [0.1, 0.15) is 0 Å².